The Hall–Kier alpha value is -3.22. The van der Waals surface area contributed by atoms with Crippen LogP contribution in [-0.2, 0) is 35.3 Å². The van der Waals surface area contributed by atoms with Crippen LogP contribution in [0.15, 0.2) is 35.9 Å². The molecule has 7 atom stereocenters. The molecule has 0 saturated heterocycles. The molecule has 12 heteroatoms. The highest BCUT2D eigenvalue weighted by Gasteiger charge is 2.68. The first-order valence-electron chi connectivity index (χ1n) is 14.2. The average Bonchev–Trinajstić information content (AvgIpc) is 3.52. The van der Waals surface area contributed by atoms with Crippen LogP contribution >= 0.6 is 11.3 Å². The standard InChI is InChI=1S/C30H35NO10S/c1-28-11-9-18(32)13-17(28)3-5-20-21-10-12-30(37,29(21,2)14-22(33)27(20)28)23(34)16-41-26(36)8-7-25(35)40-15-19-4-6-24(42-19)31(38)39/h4,6,9,11,13,20-22,27,33,37H,3,5,7-8,10,12,14-16H2,1-2H3/t20-,21-,22-,27+,28-,29-,30-/m0/s1. The van der Waals surface area contributed by atoms with Crippen LogP contribution in [0.4, 0.5) is 5.00 Å². The lowest BCUT2D eigenvalue weighted by Gasteiger charge is -2.59. The molecule has 3 saturated carbocycles. The quantitative estimate of drug-likeness (QED) is 0.242. The molecule has 42 heavy (non-hydrogen) atoms. The molecular weight excluding hydrogens is 566 g/mol. The second-order valence-electron chi connectivity index (χ2n) is 12.4. The van der Waals surface area contributed by atoms with Crippen LogP contribution in [-0.4, -0.2) is 57.0 Å². The van der Waals surface area contributed by atoms with Crippen LogP contribution in [0.25, 0.3) is 0 Å². The fraction of sp³-hybridized carbons (Fsp3) is 0.600. The summed E-state index contributed by atoms with van der Waals surface area (Å²) in [5.74, 6) is -2.27. The Balaban J connectivity index is 1.15. The van der Waals surface area contributed by atoms with E-state index in [0.717, 1.165) is 23.3 Å². The Morgan fingerprint density at radius 3 is 2.55 bits per heavy atom. The first-order chi connectivity index (χ1) is 19.8. The Kier molecular flexibility index (Phi) is 8.01. The maximum atomic E-state index is 13.4. The monoisotopic (exact) mass is 601 g/mol. The van der Waals surface area contributed by atoms with Crippen LogP contribution in [0.2, 0.25) is 0 Å². The number of aliphatic hydroxyl groups excluding tert-OH is 1. The Labute approximate surface area is 246 Å². The number of hydrogen-bond acceptors (Lipinski definition) is 11. The first kappa shape index (κ1) is 30.2. The zero-order valence-corrected chi connectivity index (χ0v) is 24.4. The van der Waals surface area contributed by atoms with E-state index >= 15 is 0 Å². The third-order valence-corrected chi connectivity index (χ3v) is 11.2. The zero-order chi connectivity index (χ0) is 30.4. The molecule has 0 bridgehead atoms. The van der Waals surface area contributed by atoms with Crippen LogP contribution in [0.5, 0.6) is 0 Å². The van der Waals surface area contributed by atoms with Gasteiger partial charge in [0.05, 0.1) is 23.9 Å². The Bertz CT molecular complexity index is 1380. The number of Topliss-reactive ketones (excluding diaryl/α,β-unsaturated/α-hetero) is 1. The molecule has 2 N–H and O–H groups in total. The summed E-state index contributed by atoms with van der Waals surface area (Å²) >= 11 is 0.886. The molecule has 0 aromatic carbocycles. The highest BCUT2D eigenvalue weighted by atomic mass is 32.1. The van der Waals surface area contributed by atoms with E-state index in [4.69, 9.17) is 9.47 Å². The molecule has 0 radical (unpaired) electrons. The van der Waals surface area contributed by atoms with Gasteiger partial charge >= 0.3 is 16.9 Å². The van der Waals surface area contributed by atoms with Gasteiger partial charge in [-0.15, -0.1) is 0 Å². The fourth-order valence-electron chi connectivity index (χ4n) is 8.10. The molecule has 1 aromatic rings. The van der Waals surface area contributed by atoms with Crippen molar-refractivity contribution in [1.29, 1.82) is 0 Å². The van der Waals surface area contributed by atoms with Gasteiger partial charge in [-0.25, -0.2) is 0 Å². The predicted octanol–water partition coefficient (Wildman–Crippen LogP) is 3.60. The minimum Gasteiger partial charge on any atom is -0.460 e. The van der Waals surface area contributed by atoms with Gasteiger partial charge in [-0.1, -0.05) is 36.8 Å². The predicted molar refractivity (Wildman–Crippen MR) is 149 cm³/mol. The van der Waals surface area contributed by atoms with Gasteiger partial charge in [0.15, 0.2) is 12.4 Å². The van der Waals surface area contributed by atoms with E-state index in [1.165, 1.54) is 12.1 Å². The number of nitro groups is 1. The number of hydrogen-bond donors (Lipinski definition) is 2. The van der Waals surface area contributed by atoms with E-state index in [0.29, 0.717) is 17.7 Å². The third-order valence-electron chi connectivity index (χ3n) is 10.2. The molecule has 0 unspecified atom stereocenters. The second kappa shape index (κ2) is 11.1. The summed E-state index contributed by atoms with van der Waals surface area (Å²) in [4.78, 5) is 60.4. The number of ether oxygens (including phenoxy) is 2. The molecule has 0 amide bonds. The lowest BCUT2D eigenvalue weighted by molar-refractivity contribution is -0.380. The van der Waals surface area contributed by atoms with Crippen LogP contribution in [0.1, 0.15) is 63.7 Å². The van der Waals surface area contributed by atoms with Crippen molar-refractivity contribution < 1.29 is 43.8 Å². The van der Waals surface area contributed by atoms with Gasteiger partial charge in [-0.3, -0.25) is 29.3 Å². The van der Waals surface area contributed by atoms with Gasteiger partial charge in [0, 0.05) is 27.7 Å². The Morgan fingerprint density at radius 2 is 1.86 bits per heavy atom. The fourth-order valence-corrected chi connectivity index (χ4v) is 8.83. The highest BCUT2D eigenvalue weighted by Crippen LogP contribution is 2.67. The average molecular weight is 602 g/mol. The number of carbonyl (C=O) groups is 4. The summed E-state index contributed by atoms with van der Waals surface area (Å²) in [5.41, 5.74) is -2.12. The van der Waals surface area contributed by atoms with Gasteiger partial charge in [0.2, 0.25) is 5.78 Å². The van der Waals surface area contributed by atoms with Crippen molar-refractivity contribution in [3.05, 3.63) is 50.9 Å². The van der Waals surface area contributed by atoms with Crippen molar-refractivity contribution in [2.45, 2.75) is 77.1 Å². The molecule has 1 heterocycles. The topological polar surface area (TPSA) is 170 Å². The summed E-state index contributed by atoms with van der Waals surface area (Å²) in [5, 5.41) is 33.9. The molecule has 5 rings (SSSR count). The smallest absolute Gasteiger partial charge is 0.324 e. The normalized spacial score (nSPS) is 35.0. The minimum atomic E-state index is -1.78. The molecule has 3 fully saturated rings. The number of carbonyl (C=O) groups excluding carboxylic acids is 4. The lowest BCUT2D eigenvalue weighted by atomic mass is 9.46. The molecule has 1 aromatic heterocycles. The van der Waals surface area contributed by atoms with Gasteiger partial charge in [-0.2, -0.15) is 0 Å². The summed E-state index contributed by atoms with van der Waals surface area (Å²) in [6.45, 7) is 3.10. The SMILES string of the molecule is C[C@]12C=CC(=O)C=C1CC[C@@H]1[C@@H]2[C@@H](O)C[C@@]2(C)[C@H]1CC[C@]2(O)C(=O)COC(=O)CCC(=O)OCc1ccc([N+](=O)[O-])s1. The maximum absolute atomic E-state index is 13.4. The van der Waals surface area contributed by atoms with E-state index in [2.05, 4.69) is 6.92 Å². The van der Waals surface area contributed by atoms with Crippen molar-refractivity contribution in [3.63, 3.8) is 0 Å². The molecule has 11 nitrogen and oxygen atoms in total. The zero-order valence-electron chi connectivity index (χ0n) is 23.6. The van der Waals surface area contributed by atoms with E-state index in [1.54, 1.807) is 12.2 Å². The number of allylic oxidation sites excluding steroid dienone is 4. The van der Waals surface area contributed by atoms with Gasteiger partial charge in [-0.05, 0) is 62.2 Å². The number of esters is 2. The molecular formula is C30H35NO10S. The third kappa shape index (κ3) is 5.13. The largest absolute Gasteiger partial charge is 0.460 e. The lowest BCUT2D eigenvalue weighted by Crippen LogP contribution is -2.61. The van der Waals surface area contributed by atoms with Crippen molar-refractivity contribution >= 4 is 39.8 Å². The van der Waals surface area contributed by atoms with Crippen molar-refractivity contribution in [2.24, 2.45) is 28.6 Å². The molecule has 4 aliphatic rings. The Morgan fingerprint density at radius 1 is 1.14 bits per heavy atom. The highest BCUT2D eigenvalue weighted by molar-refractivity contribution is 7.15. The molecule has 0 aliphatic heterocycles. The first-order valence-corrected chi connectivity index (χ1v) is 15.0. The molecule has 226 valence electrons. The van der Waals surface area contributed by atoms with E-state index in [9.17, 15) is 39.5 Å². The number of rotatable bonds is 9. The van der Waals surface area contributed by atoms with Crippen LogP contribution < -0.4 is 0 Å². The second-order valence-corrected chi connectivity index (χ2v) is 13.5. The van der Waals surface area contributed by atoms with Crippen molar-refractivity contribution in [3.8, 4) is 0 Å². The number of nitrogens with zero attached hydrogens (tertiary/aromatic N) is 1. The van der Waals surface area contributed by atoms with Crippen molar-refractivity contribution in [2.75, 3.05) is 6.61 Å². The number of ketones is 2. The summed E-state index contributed by atoms with van der Waals surface area (Å²) in [7, 11) is 0. The number of aliphatic hydroxyl groups is 2. The van der Waals surface area contributed by atoms with Crippen LogP contribution in [0, 0.1) is 38.7 Å². The molecule has 4 aliphatic carbocycles. The van der Waals surface area contributed by atoms with Gasteiger partial charge in [0.1, 0.15) is 12.2 Å². The summed E-state index contributed by atoms with van der Waals surface area (Å²) < 4.78 is 10.2. The van der Waals surface area contributed by atoms with E-state index in [-0.39, 0.29) is 60.8 Å². The van der Waals surface area contributed by atoms with E-state index in [1.807, 2.05) is 13.0 Å². The molecule has 0 spiro atoms. The van der Waals surface area contributed by atoms with Crippen LogP contribution in [0.3, 0.4) is 0 Å². The number of thiophene rings is 1. The maximum Gasteiger partial charge on any atom is 0.324 e. The van der Waals surface area contributed by atoms with Gasteiger partial charge in [0.25, 0.3) is 0 Å². The van der Waals surface area contributed by atoms with Gasteiger partial charge < -0.3 is 19.7 Å². The van der Waals surface area contributed by atoms with E-state index < -0.39 is 51.8 Å². The van der Waals surface area contributed by atoms with Crippen molar-refractivity contribution in [1.82, 2.24) is 0 Å². The number of fused-ring (bicyclic) bond motifs is 5. The summed E-state index contributed by atoms with van der Waals surface area (Å²) in [6.07, 6.45) is 6.19. The minimum absolute atomic E-state index is 0.0282. The summed E-state index contributed by atoms with van der Waals surface area (Å²) in [6, 6.07) is 2.80.